The number of hydrogen-bond acceptors (Lipinski definition) is 3. The molecule has 2 heterocycles. The van der Waals surface area contributed by atoms with E-state index < -0.39 is 6.10 Å². The first kappa shape index (κ1) is 15.3. The number of hydrogen-bond donors (Lipinski definition) is 1. The van der Waals surface area contributed by atoms with Gasteiger partial charge in [0.05, 0.1) is 16.8 Å². The van der Waals surface area contributed by atoms with E-state index in [4.69, 9.17) is 23.2 Å². The number of aromatic nitrogens is 2. The summed E-state index contributed by atoms with van der Waals surface area (Å²) < 4.78 is 1.55. The molecule has 1 atom stereocenters. The van der Waals surface area contributed by atoms with E-state index in [0.29, 0.717) is 34.5 Å². The van der Waals surface area contributed by atoms with E-state index >= 15 is 0 Å². The molecule has 1 aliphatic heterocycles. The monoisotopic (exact) mass is 339 g/mol. The van der Waals surface area contributed by atoms with Crippen molar-refractivity contribution < 1.29 is 9.90 Å². The second-order valence-corrected chi connectivity index (χ2v) is 6.13. The summed E-state index contributed by atoms with van der Waals surface area (Å²) in [6.45, 7) is 0.998. The van der Waals surface area contributed by atoms with Crippen LogP contribution in [0.2, 0.25) is 10.0 Å². The van der Waals surface area contributed by atoms with Crippen molar-refractivity contribution >= 4 is 29.1 Å². The number of β-amino-alcohol motifs (C(OH)–C–C–N with tert-alkyl or cyclic N) is 1. The van der Waals surface area contributed by atoms with Crippen LogP contribution in [0.15, 0.2) is 30.5 Å². The summed E-state index contributed by atoms with van der Waals surface area (Å²) in [5.41, 5.74) is 0.990. The summed E-state index contributed by atoms with van der Waals surface area (Å²) in [6, 6.07) is 6.74. The highest BCUT2D eigenvalue weighted by molar-refractivity contribution is 6.35. The minimum absolute atomic E-state index is 0.178. The van der Waals surface area contributed by atoms with Crippen LogP contribution >= 0.6 is 23.2 Å². The predicted molar refractivity (Wildman–Crippen MR) is 84.7 cm³/mol. The molecule has 7 heteroatoms. The summed E-state index contributed by atoms with van der Waals surface area (Å²) in [7, 11) is 0. The van der Waals surface area contributed by atoms with Gasteiger partial charge in [0.15, 0.2) is 5.69 Å². The number of aliphatic hydroxyl groups is 1. The van der Waals surface area contributed by atoms with Gasteiger partial charge in [0.25, 0.3) is 5.91 Å². The Balaban J connectivity index is 1.82. The van der Waals surface area contributed by atoms with Crippen LogP contribution in [0.1, 0.15) is 23.3 Å². The van der Waals surface area contributed by atoms with Crippen molar-refractivity contribution in [3.63, 3.8) is 0 Å². The van der Waals surface area contributed by atoms with Crippen molar-refractivity contribution in [2.24, 2.45) is 0 Å². The topological polar surface area (TPSA) is 58.4 Å². The first-order chi connectivity index (χ1) is 10.5. The van der Waals surface area contributed by atoms with Gasteiger partial charge in [0.1, 0.15) is 0 Å². The Bertz CT molecular complexity index is 702. The number of likely N-dealkylation sites (tertiary alicyclic amines) is 1. The highest BCUT2D eigenvalue weighted by Gasteiger charge is 2.24. The smallest absolute Gasteiger partial charge is 0.274 e. The van der Waals surface area contributed by atoms with E-state index in [1.807, 2.05) is 0 Å². The zero-order chi connectivity index (χ0) is 15.7. The molecule has 1 aliphatic rings. The number of benzene rings is 1. The molecular weight excluding hydrogens is 325 g/mol. The van der Waals surface area contributed by atoms with E-state index in [2.05, 4.69) is 5.10 Å². The fourth-order valence-electron chi connectivity index (χ4n) is 2.54. The zero-order valence-electron chi connectivity index (χ0n) is 11.7. The van der Waals surface area contributed by atoms with E-state index in [9.17, 15) is 9.90 Å². The summed E-state index contributed by atoms with van der Waals surface area (Å²) in [5.74, 6) is -0.178. The van der Waals surface area contributed by atoms with Crippen molar-refractivity contribution in [3.05, 3.63) is 46.2 Å². The lowest BCUT2D eigenvalue weighted by atomic mass is 10.1. The number of carbonyl (C=O) groups excluding carboxylic acids is 1. The van der Waals surface area contributed by atoms with Crippen LogP contribution in [0.4, 0.5) is 0 Å². The maximum atomic E-state index is 12.4. The van der Waals surface area contributed by atoms with Gasteiger partial charge in [-0.15, -0.1) is 0 Å². The number of rotatable bonds is 2. The highest BCUT2D eigenvalue weighted by atomic mass is 35.5. The molecule has 0 saturated carbocycles. The van der Waals surface area contributed by atoms with Crippen LogP contribution < -0.4 is 0 Å². The predicted octanol–water partition coefficient (Wildman–Crippen LogP) is 2.78. The van der Waals surface area contributed by atoms with E-state index in [0.717, 1.165) is 12.8 Å². The minimum atomic E-state index is -0.453. The third-order valence-corrected chi connectivity index (χ3v) is 4.19. The van der Waals surface area contributed by atoms with E-state index in [1.165, 1.54) is 0 Å². The summed E-state index contributed by atoms with van der Waals surface area (Å²) in [5, 5.41) is 15.0. The molecule has 2 aromatic rings. The Morgan fingerprint density at radius 2 is 2.14 bits per heavy atom. The lowest BCUT2D eigenvalue weighted by molar-refractivity contribution is 0.0468. The van der Waals surface area contributed by atoms with Crippen molar-refractivity contribution in [2.75, 3.05) is 13.1 Å². The fourth-order valence-corrected chi connectivity index (χ4v) is 3.04. The molecule has 1 fully saturated rings. The van der Waals surface area contributed by atoms with Crippen molar-refractivity contribution in [1.29, 1.82) is 0 Å². The van der Waals surface area contributed by atoms with Crippen molar-refractivity contribution in [3.8, 4) is 5.69 Å². The Morgan fingerprint density at radius 3 is 2.86 bits per heavy atom. The average molecular weight is 340 g/mol. The molecule has 0 radical (unpaired) electrons. The molecule has 0 spiro atoms. The van der Waals surface area contributed by atoms with Gasteiger partial charge in [-0.05, 0) is 37.1 Å². The first-order valence-electron chi connectivity index (χ1n) is 7.03. The first-order valence-corrected chi connectivity index (χ1v) is 7.78. The number of amides is 1. The maximum Gasteiger partial charge on any atom is 0.274 e. The molecule has 3 rings (SSSR count). The Kier molecular flexibility index (Phi) is 4.38. The zero-order valence-corrected chi connectivity index (χ0v) is 13.3. The summed E-state index contributed by atoms with van der Waals surface area (Å²) >= 11 is 12.0. The number of piperidine rings is 1. The molecule has 22 heavy (non-hydrogen) atoms. The number of aliphatic hydroxyl groups excluding tert-OH is 1. The van der Waals surface area contributed by atoms with Gasteiger partial charge in [-0.25, -0.2) is 4.68 Å². The second kappa shape index (κ2) is 6.28. The lowest BCUT2D eigenvalue weighted by Gasteiger charge is -2.29. The van der Waals surface area contributed by atoms with Crippen LogP contribution in [-0.4, -0.2) is 44.9 Å². The lowest BCUT2D eigenvalue weighted by Crippen LogP contribution is -2.42. The summed E-state index contributed by atoms with van der Waals surface area (Å²) in [6.07, 6.45) is 2.77. The molecule has 0 aliphatic carbocycles. The molecular formula is C15H15Cl2N3O2. The molecule has 1 aromatic heterocycles. The van der Waals surface area contributed by atoms with Crippen LogP contribution in [0, 0.1) is 0 Å². The standard InChI is InChI=1S/C15H15Cl2N3O2/c16-10-3-4-14(12(17)8-10)20-7-5-13(18-20)15(22)19-6-1-2-11(21)9-19/h3-5,7-8,11,21H,1-2,6,9H2. The minimum Gasteiger partial charge on any atom is -0.391 e. The average Bonchev–Trinajstić information content (AvgIpc) is 2.96. The van der Waals surface area contributed by atoms with Crippen LogP contribution in [0.3, 0.4) is 0 Å². The van der Waals surface area contributed by atoms with E-state index in [1.54, 1.807) is 40.0 Å². The molecule has 5 nitrogen and oxygen atoms in total. The molecule has 1 unspecified atom stereocenters. The van der Waals surface area contributed by atoms with Gasteiger partial charge < -0.3 is 10.0 Å². The van der Waals surface area contributed by atoms with Gasteiger partial charge in [0.2, 0.25) is 0 Å². The van der Waals surface area contributed by atoms with Gasteiger partial charge in [-0.1, -0.05) is 23.2 Å². The van der Waals surface area contributed by atoms with Crippen molar-refractivity contribution in [1.82, 2.24) is 14.7 Å². The van der Waals surface area contributed by atoms with Crippen LogP contribution in [0.25, 0.3) is 5.69 Å². The Labute approximate surface area is 138 Å². The van der Waals surface area contributed by atoms with Gasteiger partial charge in [-0.3, -0.25) is 4.79 Å². The number of nitrogens with zero attached hydrogens (tertiary/aromatic N) is 3. The quantitative estimate of drug-likeness (QED) is 0.915. The molecule has 1 N–H and O–H groups in total. The normalized spacial score (nSPS) is 18.5. The molecule has 0 bridgehead atoms. The number of carbonyl (C=O) groups is 1. The van der Waals surface area contributed by atoms with Crippen LogP contribution in [-0.2, 0) is 0 Å². The Morgan fingerprint density at radius 1 is 1.32 bits per heavy atom. The van der Waals surface area contributed by atoms with Crippen LogP contribution in [0.5, 0.6) is 0 Å². The highest BCUT2D eigenvalue weighted by Crippen LogP contribution is 2.24. The third-order valence-electron chi connectivity index (χ3n) is 3.65. The largest absolute Gasteiger partial charge is 0.391 e. The molecule has 116 valence electrons. The maximum absolute atomic E-state index is 12.4. The molecule has 1 saturated heterocycles. The second-order valence-electron chi connectivity index (χ2n) is 5.29. The Hall–Kier alpha value is -1.56. The van der Waals surface area contributed by atoms with Gasteiger partial charge >= 0.3 is 0 Å². The molecule has 1 aromatic carbocycles. The van der Waals surface area contributed by atoms with E-state index in [-0.39, 0.29) is 5.91 Å². The van der Waals surface area contributed by atoms with Crippen molar-refractivity contribution in [2.45, 2.75) is 18.9 Å². The van der Waals surface area contributed by atoms with Gasteiger partial charge in [-0.2, -0.15) is 5.10 Å². The number of halogens is 2. The third kappa shape index (κ3) is 3.11. The summed E-state index contributed by atoms with van der Waals surface area (Å²) in [4.78, 5) is 14.0. The fraction of sp³-hybridized carbons (Fsp3) is 0.333. The SMILES string of the molecule is O=C(c1ccn(-c2ccc(Cl)cc2Cl)n1)N1CCCC(O)C1. The molecule has 1 amide bonds. The van der Waals surface area contributed by atoms with Gasteiger partial charge in [0, 0.05) is 24.3 Å².